The van der Waals surface area contributed by atoms with Gasteiger partial charge in [-0.25, -0.2) is 0 Å². The molecule has 0 heterocycles. The van der Waals surface area contributed by atoms with Gasteiger partial charge in [-0.15, -0.1) is 0 Å². The molecule has 1 aromatic rings. The van der Waals surface area contributed by atoms with Crippen LogP contribution >= 0.6 is 0 Å². The van der Waals surface area contributed by atoms with Crippen LogP contribution in [-0.2, 0) is 0 Å². The van der Waals surface area contributed by atoms with Crippen molar-refractivity contribution >= 4 is 5.78 Å². The predicted octanol–water partition coefficient (Wildman–Crippen LogP) is 1.56. The minimum Gasteiger partial charge on any atom is -0.385 e. The van der Waals surface area contributed by atoms with E-state index in [1.807, 2.05) is 19.1 Å². The summed E-state index contributed by atoms with van der Waals surface area (Å²) in [6.07, 6.45) is -0.910. The molecule has 1 aromatic carbocycles. The Kier molecular flexibility index (Phi) is 2.61. The van der Waals surface area contributed by atoms with Crippen molar-refractivity contribution in [3.05, 3.63) is 35.4 Å². The molecule has 0 unspecified atom stereocenters. The van der Waals surface area contributed by atoms with Gasteiger partial charge < -0.3 is 5.11 Å². The van der Waals surface area contributed by atoms with E-state index in [0.717, 1.165) is 5.56 Å². The average molecular weight is 164 g/mol. The van der Waals surface area contributed by atoms with Crippen molar-refractivity contribution in [3.8, 4) is 0 Å². The number of ketones is 1. The minimum absolute atomic E-state index is 0.227. The second-order valence-electron chi connectivity index (χ2n) is 2.91. The summed E-state index contributed by atoms with van der Waals surface area (Å²) >= 11 is 0. The van der Waals surface area contributed by atoms with Crippen LogP contribution in [0.15, 0.2) is 24.3 Å². The lowest BCUT2D eigenvalue weighted by atomic mass is 10.1. The van der Waals surface area contributed by atoms with Gasteiger partial charge >= 0.3 is 0 Å². The molecular weight excluding hydrogens is 152 g/mol. The largest absolute Gasteiger partial charge is 0.385 e. The second kappa shape index (κ2) is 3.50. The smallest absolute Gasteiger partial charge is 0.190 e. The van der Waals surface area contributed by atoms with E-state index >= 15 is 0 Å². The molecule has 0 aliphatic heterocycles. The van der Waals surface area contributed by atoms with Gasteiger partial charge in [0.25, 0.3) is 0 Å². The SMILES string of the molecule is Cc1ccc(C(=O)[C@@H](C)O)cc1. The summed E-state index contributed by atoms with van der Waals surface area (Å²) in [4.78, 5) is 11.2. The summed E-state index contributed by atoms with van der Waals surface area (Å²) in [7, 11) is 0. The fraction of sp³-hybridized carbons (Fsp3) is 0.300. The molecule has 2 heteroatoms. The zero-order chi connectivity index (χ0) is 9.14. The molecule has 1 rings (SSSR count). The van der Waals surface area contributed by atoms with Gasteiger partial charge in [-0.1, -0.05) is 29.8 Å². The summed E-state index contributed by atoms with van der Waals surface area (Å²) < 4.78 is 0. The molecule has 12 heavy (non-hydrogen) atoms. The molecule has 0 saturated carbocycles. The van der Waals surface area contributed by atoms with E-state index in [-0.39, 0.29) is 5.78 Å². The lowest BCUT2D eigenvalue weighted by molar-refractivity contribution is 0.0779. The van der Waals surface area contributed by atoms with Crippen LogP contribution in [0.5, 0.6) is 0 Å². The van der Waals surface area contributed by atoms with Crippen molar-refractivity contribution in [2.24, 2.45) is 0 Å². The molecule has 0 aliphatic carbocycles. The molecule has 0 bridgehead atoms. The number of aryl methyl sites for hydroxylation is 1. The Hall–Kier alpha value is -1.15. The fourth-order valence-corrected chi connectivity index (χ4v) is 0.959. The number of carbonyl (C=O) groups excluding carboxylic acids is 1. The van der Waals surface area contributed by atoms with E-state index in [9.17, 15) is 4.79 Å². The second-order valence-corrected chi connectivity index (χ2v) is 2.91. The van der Waals surface area contributed by atoms with Gasteiger partial charge in [0, 0.05) is 5.56 Å². The van der Waals surface area contributed by atoms with E-state index in [4.69, 9.17) is 5.11 Å². The number of rotatable bonds is 2. The quantitative estimate of drug-likeness (QED) is 0.673. The Morgan fingerprint density at radius 2 is 1.83 bits per heavy atom. The highest BCUT2D eigenvalue weighted by Crippen LogP contribution is 2.05. The maximum Gasteiger partial charge on any atom is 0.190 e. The Labute approximate surface area is 71.8 Å². The van der Waals surface area contributed by atoms with Crippen molar-refractivity contribution in [1.82, 2.24) is 0 Å². The molecule has 0 spiro atoms. The number of carbonyl (C=O) groups is 1. The molecule has 1 atom stereocenters. The Morgan fingerprint density at radius 1 is 1.33 bits per heavy atom. The van der Waals surface area contributed by atoms with Crippen molar-refractivity contribution in [1.29, 1.82) is 0 Å². The highest BCUT2D eigenvalue weighted by molar-refractivity contribution is 5.98. The van der Waals surface area contributed by atoms with E-state index < -0.39 is 6.10 Å². The van der Waals surface area contributed by atoms with E-state index in [1.165, 1.54) is 6.92 Å². The third-order valence-electron chi connectivity index (χ3n) is 1.72. The Morgan fingerprint density at radius 3 is 2.25 bits per heavy atom. The number of Topliss-reactive ketones (excluding diaryl/α,β-unsaturated/α-hetero) is 1. The number of aliphatic hydroxyl groups excluding tert-OH is 1. The molecule has 0 aliphatic rings. The maximum absolute atomic E-state index is 11.2. The minimum atomic E-state index is -0.910. The molecule has 1 N–H and O–H groups in total. The number of benzene rings is 1. The van der Waals surface area contributed by atoms with Crippen molar-refractivity contribution in [3.63, 3.8) is 0 Å². The van der Waals surface area contributed by atoms with Gasteiger partial charge in [0.1, 0.15) is 6.10 Å². The third kappa shape index (κ3) is 1.92. The summed E-state index contributed by atoms with van der Waals surface area (Å²) in [5, 5.41) is 8.99. The van der Waals surface area contributed by atoms with Gasteiger partial charge in [-0.2, -0.15) is 0 Å². The first-order valence-electron chi connectivity index (χ1n) is 3.90. The number of aliphatic hydroxyl groups is 1. The molecular formula is C10H12O2. The van der Waals surface area contributed by atoms with Gasteiger partial charge in [-0.05, 0) is 13.8 Å². The predicted molar refractivity (Wildman–Crippen MR) is 47.2 cm³/mol. The summed E-state index contributed by atoms with van der Waals surface area (Å²) in [6.45, 7) is 3.43. The van der Waals surface area contributed by atoms with Crippen LogP contribution in [0, 0.1) is 6.92 Å². The van der Waals surface area contributed by atoms with E-state index in [1.54, 1.807) is 12.1 Å². The summed E-state index contributed by atoms with van der Waals surface area (Å²) in [6, 6.07) is 7.17. The van der Waals surface area contributed by atoms with Crippen LogP contribution in [0.2, 0.25) is 0 Å². The van der Waals surface area contributed by atoms with Crippen LogP contribution in [0.3, 0.4) is 0 Å². The maximum atomic E-state index is 11.2. The first-order valence-corrected chi connectivity index (χ1v) is 3.90. The molecule has 0 saturated heterocycles. The highest BCUT2D eigenvalue weighted by Gasteiger charge is 2.10. The third-order valence-corrected chi connectivity index (χ3v) is 1.72. The van der Waals surface area contributed by atoms with Gasteiger partial charge in [0.2, 0.25) is 0 Å². The molecule has 0 fully saturated rings. The zero-order valence-corrected chi connectivity index (χ0v) is 7.24. The standard InChI is InChI=1S/C10H12O2/c1-7-3-5-9(6-4-7)10(12)8(2)11/h3-6,8,11H,1-2H3/t8-/m1/s1. The fourth-order valence-electron chi connectivity index (χ4n) is 0.959. The molecule has 0 radical (unpaired) electrons. The van der Waals surface area contributed by atoms with Crippen LogP contribution < -0.4 is 0 Å². The Balaban J connectivity index is 2.90. The summed E-state index contributed by atoms with van der Waals surface area (Å²) in [5.41, 5.74) is 1.67. The lowest BCUT2D eigenvalue weighted by Gasteiger charge is -2.02. The van der Waals surface area contributed by atoms with Crippen molar-refractivity contribution in [2.75, 3.05) is 0 Å². The van der Waals surface area contributed by atoms with Crippen LogP contribution in [0.4, 0.5) is 0 Å². The molecule has 64 valence electrons. The Bertz CT molecular complexity index is 272. The van der Waals surface area contributed by atoms with E-state index in [2.05, 4.69) is 0 Å². The van der Waals surface area contributed by atoms with Crippen molar-refractivity contribution in [2.45, 2.75) is 20.0 Å². The molecule has 2 nitrogen and oxygen atoms in total. The number of hydrogen-bond acceptors (Lipinski definition) is 2. The molecule has 0 aromatic heterocycles. The normalized spacial score (nSPS) is 12.6. The van der Waals surface area contributed by atoms with Gasteiger partial charge in [-0.3, -0.25) is 4.79 Å². The van der Waals surface area contributed by atoms with Gasteiger partial charge in [0.15, 0.2) is 5.78 Å². The lowest BCUT2D eigenvalue weighted by Crippen LogP contribution is -2.15. The first kappa shape index (κ1) is 8.94. The van der Waals surface area contributed by atoms with E-state index in [0.29, 0.717) is 5.56 Å². The average Bonchev–Trinajstić information content (AvgIpc) is 2.04. The highest BCUT2D eigenvalue weighted by atomic mass is 16.3. The monoisotopic (exact) mass is 164 g/mol. The van der Waals surface area contributed by atoms with Crippen LogP contribution in [-0.4, -0.2) is 17.0 Å². The van der Waals surface area contributed by atoms with Crippen LogP contribution in [0.25, 0.3) is 0 Å². The van der Waals surface area contributed by atoms with Crippen molar-refractivity contribution < 1.29 is 9.90 Å². The van der Waals surface area contributed by atoms with Gasteiger partial charge in [0.05, 0.1) is 0 Å². The number of hydrogen-bond donors (Lipinski definition) is 1. The summed E-state index contributed by atoms with van der Waals surface area (Å²) in [5.74, 6) is -0.227. The topological polar surface area (TPSA) is 37.3 Å². The first-order chi connectivity index (χ1) is 5.61. The van der Waals surface area contributed by atoms with Crippen LogP contribution in [0.1, 0.15) is 22.8 Å². The zero-order valence-electron chi connectivity index (χ0n) is 7.24. The molecule has 0 amide bonds.